The van der Waals surface area contributed by atoms with Crippen LogP contribution in [-0.4, -0.2) is 19.6 Å². The average molecular weight is 233 g/mol. The van der Waals surface area contributed by atoms with E-state index in [9.17, 15) is 0 Å². The first-order chi connectivity index (χ1) is 8.15. The molecule has 0 unspecified atom stereocenters. The van der Waals surface area contributed by atoms with Crippen molar-refractivity contribution < 1.29 is 0 Å². The number of aromatic nitrogens is 4. The van der Waals surface area contributed by atoms with E-state index in [-0.39, 0.29) is 0 Å². The summed E-state index contributed by atoms with van der Waals surface area (Å²) in [4.78, 5) is 0. The quantitative estimate of drug-likeness (QED) is 0.851. The molecule has 0 aliphatic heterocycles. The van der Waals surface area contributed by atoms with Crippen molar-refractivity contribution >= 4 is 0 Å². The SMILES string of the molecule is CC(C)n1ccc(CNCc2cnn(C)c2)n1. The monoisotopic (exact) mass is 233 g/mol. The van der Waals surface area contributed by atoms with Crippen LogP contribution in [0.4, 0.5) is 0 Å². The maximum absolute atomic E-state index is 4.48. The number of nitrogens with one attached hydrogen (secondary N) is 1. The van der Waals surface area contributed by atoms with Gasteiger partial charge in [0.05, 0.1) is 11.9 Å². The Morgan fingerprint density at radius 3 is 2.76 bits per heavy atom. The van der Waals surface area contributed by atoms with Crippen LogP contribution in [0.15, 0.2) is 24.7 Å². The van der Waals surface area contributed by atoms with Crippen molar-refractivity contribution in [1.29, 1.82) is 0 Å². The predicted molar refractivity (Wildman–Crippen MR) is 66.4 cm³/mol. The van der Waals surface area contributed by atoms with Crippen molar-refractivity contribution in [2.24, 2.45) is 7.05 Å². The van der Waals surface area contributed by atoms with Gasteiger partial charge in [0.25, 0.3) is 0 Å². The van der Waals surface area contributed by atoms with E-state index in [0.29, 0.717) is 6.04 Å². The molecule has 0 amide bonds. The summed E-state index contributed by atoms with van der Waals surface area (Å²) in [6.07, 6.45) is 5.91. The van der Waals surface area contributed by atoms with E-state index in [4.69, 9.17) is 0 Å². The Labute approximate surface area is 101 Å². The van der Waals surface area contributed by atoms with Crippen LogP contribution in [0.1, 0.15) is 31.1 Å². The first-order valence-electron chi connectivity index (χ1n) is 5.87. The number of hydrogen-bond donors (Lipinski definition) is 1. The summed E-state index contributed by atoms with van der Waals surface area (Å²) >= 11 is 0. The van der Waals surface area contributed by atoms with Gasteiger partial charge in [0.15, 0.2) is 0 Å². The van der Waals surface area contributed by atoms with Gasteiger partial charge in [0.1, 0.15) is 0 Å². The van der Waals surface area contributed by atoms with Gasteiger partial charge in [0.2, 0.25) is 0 Å². The molecule has 0 atom stereocenters. The number of rotatable bonds is 5. The van der Waals surface area contributed by atoms with Gasteiger partial charge in [-0.05, 0) is 19.9 Å². The molecule has 0 aromatic carbocycles. The lowest BCUT2D eigenvalue weighted by atomic mass is 10.3. The molecule has 0 spiro atoms. The van der Waals surface area contributed by atoms with Crippen LogP contribution in [0.3, 0.4) is 0 Å². The summed E-state index contributed by atoms with van der Waals surface area (Å²) in [6, 6.07) is 2.47. The Bertz CT molecular complexity index is 469. The van der Waals surface area contributed by atoms with Crippen LogP contribution < -0.4 is 5.32 Å². The largest absolute Gasteiger partial charge is 0.307 e. The fraction of sp³-hybridized carbons (Fsp3) is 0.500. The van der Waals surface area contributed by atoms with Gasteiger partial charge < -0.3 is 5.32 Å². The van der Waals surface area contributed by atoms with Crippen LogP contribution in [0.25, 0.3) is 0 Å². The van der Waals surface area contributed by atoms with E-state index in [2.05, 4.69) is 35.4 Å². The van der Waals surface area contributed by atoms with E-state index in [1.807, 2.05) is 35.0 Å². The standard InChI is InChI=1S/C12H19N5/c1-10(2)17-5-4-12(15-17)8-13-6-11-7-14-16(3)9-11/h4-5,7,9-10,13H,6,8H2,1-3H3. The highest BCUT2D eigenvalue weighted by Crippen LogP contribution is 2.04. The molecule has 2 rings (SSSR count). The maximum Gasteiger partial charge on any atom is 0.0762 e. The van der Waals surface area contributed by atoms with Crippen molar-refractivity contribution in [2.75, 3.05) is 0 Å². The molecule has 5 heteroatoms. The van der Waals surface area contributed by atoms with Gasteiger partial charge in [-0.15, -0.1) is 0 Å². The predicted octanol–water partition coefficient (Wildman–Crippen LogP) is 1.49. The average Bonchev–Trinajstić information content (AvgIpc) is 2.88. The van der Waals surface area contributed by atoms with Crippen LogP contribution >= 0.6 is 0 Å². The van der Waals surface area contributed by atoms with E-state index in [0.717, 1.165) is 18.8 Å². The summed E-state index contributed by atoms with van der Waals surface area (Å²) in [7, 11) is 1.92. The topological polar surface area (TPSA) is 47.7 Å². The highest BCUT2D eigenvalue weighted by atomic mass is 15.3. The summed E-state index contributed by atoms with van der Waals surface area (Å²) in [5.41, 5.74) is 2.26. The van der Waals surface area contributed by atoms with E-state index >= 15 is 0 Å². The normalized spacial score (nSPS) is 11.3. The van der Waals surface area contributed by atoms with Crippen LogP contribution in [0.2, 0.25) is 0 Å². The molecule has 1 N–H and O–H groups in total. The molecule has 0 aliphatic rings. The third-order valence-electron chi connectivity index (χ3n) is 2.59. The zero-order chi connectivity index (χ0) is 12.3. The second kappa shape index (κ2) is 5.14. The molecule has 0 fully saturated rings. The highest BCUT2D eigenvalue weighted by Gasteiger charge is 2.02. The van der Waals surface area contributed by atoms with E-state index in [1.54, 1.807) is 0 Å². The molecule has 17 heavy (non-hydrogen) atoms. The molecular formula is C12H19N5. The lowest BCUT2D eigenvalue weighted by molar-refractivity contribution is 0.521. The van der Waals surface area contributed by atoms with Gasteiger partial charge in [-0.2, -0.15) is 10.2 Å². The Morgan fingerprint density at radius 1 is 1.35 bits per heavy atom. The molecule has 0 saturated heterocycles. The first kappa shape index (κ1) is 11.9. The van der Waals surface area contributed by atoms with Gasteiger partial charge in [-0.1, -0.05) is 0 Å². The van der Waals surface area contributed by atoms with Crippen molar-refractivity contribution in [3.8, 4) is 0 Å². The number of hydrogen-bond acceptors (Lipinski definition) is 3. The smallest absolute Gasteiger partial charge is 0.0762 e. The molecule has 92 valence electrons. The molecular weight excluding hydrogens is 214 g/mol. The Kier molecular flexibility index (Phi) is 3.58. The van der Waals surface area contributed by atoms with Crippen LogP contribution in [0.5, 0.6) is 0 Å². The lowest BCUT2D eigenvalue weighted by Crippen LogP contribution is -2.13. The molecule has 0 radical (unpaired) electrons. The summed E-state index contributed by atoms with van der Waals surface area (Å²) in [5.74, 6) is 0. The molecule has 0 saturated carbocycles. The van der Waals surface area contributed by atoms with Gasteiger partial charge in [-0.25, -0.2) is 0 Å². The maximum atomic E-state index is 4.48. The highest BCUT2D eigenvalue weighted by molar-refractivity contribution is 5.04. The van der Waals surface area contributed by atoms with Crippen molar-refractivity contribution in [2.45, 2.75) is 33.0 Å². The lowest BCUT2D eigenvalue weighted by Gasteiger charge is -2.04. The minimum absolute atomic E-state index is 0.419. The summed E-state index contributed by atoms with van der Waals surface area (Å²) < 4.78 is 3.78. The van der Waals surface area contributed by atoms with Gasteiger partial charge >= 0.3 is 0 Å². The second-order valence-corrected chi connectivity index (χ2v) is 4.51. The van der Waals surface area contributed by atoms with Crippen LogP contribution in [-0.2, 0) is 20.1 Å². The summed E-state index contributed by atoms with van der Waals surface area (Å²) in [5, 5.41) is 12.0. The van der Waals surface area contributed by atoms with Crippen molar-refractivity contribution in [1.82, 2.24) is 24.9 Å². The number of aryl methyl sites for hydroxylation is 1. The Balaban J connectivity index is 1.81. The van der Waals surface area contributed by atoms with Crippen molar-refractivity contribution in [3.05, 3.63) is 35.9 Å². The minimum Gasteiger partial charge on any atom is -0.307 e. The fourth-order valence-electron chi connectivity index (χ4n) is 1.66. The third kappa shape index (κ3) is 3.17. The fourth-order valence-corrected chi connectivity index (χ4v) is 1.66. The van der Waals surface area contributed by atoms with E-state index in [1.165, 1.54) is 5.56 Å². The molecule has 2 heterocycles. The first-order valence-corrected chi connectivity index (χ1v) is 5.87. The molecule has 2 aromatic rings. The zero-order valence-electron chi connectivity index (χ0n) is 10.6. The molecule has 0 bridgehead atoms. The minimum atomic E-state index is 0.419. The van der Waals surface area contributed by atoms with Gasteiger partial charge in [0, 0.05) is 44.1 Å². The van der Waals surface area contributed by atoms with E-state index < -0.39 is 0 Å². The zero-order valence-corrected chi connectivity index (χ0v) is 10.6. The number of nitrogens with zero attached hydrogens (tertiary/aromatic N) is 4. The second-order valence-electron chi connectivity index (χ2n) is 4.51. The Morgan fingerprint density at radius 2 is 2.18 bits per heavy atom. The van der Waals surface area contributed by atoms with Gasteiger partial charge in [-0.3, -0.25) is 9.36 Å². The van der Waals surface area contributed by atoms with Crippen LogP contribution in [0, 0.1) is 0 Å². The molecule has 2 aromatic heterocycles. The molecule has 0 aliphatic carbocycles. The Hall–Kier alpha value is -1.62. The summed E-state index contributed by atoms with van der Waals surface area (Å²) in [6.45, 7) is 5.86. The van der Waals surface area contributed by atoms with Crippen molar-refractivity contribution in [3.63, 3.8) is 0 Å². The molecule has 5 nitrogen and oxygen atoms in total. The third-order valence-corrected chi connectivity index (χ3v) is 2.59.